The fourth-order valence-electron chi connectivity index (χ4n) is 2.83. The number of likely N-dealkylation sites (N-methyl/N-ethyl adjacent to an activating group) is 2. The number of hydrazine groups is 1. The lowest BCUT2D eigenvalue weighted by molar-refractivity contribution is 0.176. The van der Waals surface area contributed by atoms with Crippen molar-refractivity contribution in [3.8, 4) is 0 Å². The summed E-state index contributed by atoms with van der Waals surface area (Å²) in [6.07, 6.45) is 1.11. The number of halogens is 2. The molecule has 2 atom stereocenters. The van der Waals surface area contributed by atoms with Gasteiger partial charge in [-0.15, -0.1) is 0 Å². The Hall–Kier alpha value is -0.530. The summed E-state index contributed by atoms with van der Waals surface area (Å²) in [7, 11) is 4.17. The minimum atomic E-state index is -0.240. The van der Waals surface area contributed by atoms with E-state index < -0.39 is 0 Å². The molecule has 2 rings (SSSR count). The highest BCUT2D eigenvalue weighted by atomic mass is 79.9. The molecule has 4 nitrogen and oxygen atoms in total. The summed E-state index contributed by atoms with van der Waals surface area (Å²) in [5.41, 5.74) is 3.41. The van der Waals surface area contributed by atoms with Crippen LogP contribution in [-0.4, -0.2) is 49.6 Å². The average Bonchev–Trinajstić information content (AvgIpc) is 2.58. The van der Waals surface area contributed by atoms with Crippen LogP contribution in [0, 0.1) is 5.82 Å². The molecule has 0 radical (unpaired) electrons. The Kier molecular flexibility index (Phi) is 5.51. The van der Waals surface area contributed by atoms with Crippen LogP contribution in [0.4, 0.5) is 4.39 Å². The topological polar surface area (TPSA) is 44.5 Å². The molecule has 2 unspecified atom stereocenters. The predicted octanol–water partition coefficient (Wildman–Crippen LogP) is 1.73. The molecule has 0 amide bonds. The van der Waals surface area contributed by atoms with Crippen molar-refractivity contribution in [2.45, 2.75) is 18.5 Å². The molecule has 0 aromatic heterocycles. The first-order valence-electron chi connectivity index (χ1n) is 6.83. The van der Waals surface area contributed by atoms with Crippen molar-refractivity contribution in [3.63, 3.8) is 0 Å². The van der Waals surface area contributed by atoms with Crippen molar-refractivity contribution in [1.29, 1.82) is 0 Å². The Morgan fingerprint density at radius 1 is 1.40 bits per heavy atom. The van der Waals surface area contributed by atoms with Crippen molar-refractivity contribution < 1.29 is 4.39 Å². The first-order chi connectivity index (χ1) is 9.54. The van der Waals surface area contributed by atoms with Crippen molar-refractivity contribution in [3.05, 3.63) is 34.1 Å². The number of hydrogen-bond donors (Lipinski definition) is 2. The van der Waals surface area contributed by atoms with E-state index >= 15 is 0 Å². The molecule has 1 saturated heterocycles. The van der Waals surface area contributed by atoms with Crippen molar-refractivity contribution in [2.75, 3.05) is 33.7 Å². The van der Waals surface area contributed by atoms with Crippen LogP contribution in [0.1, 0.15) is 18.0 Å². The number of rotatable bonds is 3. The molecular formula is C14H22BrFN4. The zero-order valence-corrected chi connectivity index (χ0v) is 13.5. The van der Waals surface area contributed by atoms with Crippen molar-refractivity contribution in [1.82, 2.24) is 15.2 Å². The minimum Gasteiger partial charge on any atom is -0.305 e. The molecule has 20 heavy (non-hydrogen) atoms. The van der Waals surface area contributed by atoms with E-state index in [1.165, 1.54) is 0 Å². The number of nitrogens with two attached hydrogens (primary N) is 1. The van der Waals surface area contributed by atoms with Crippen molar-refractivity contribution in [2.24, 2.45) is 5.84 Å². The van der Waals surface area contributed by atoms with Gasteiger partial charge in [-0.2, -0.15) is 0 Å². The normalized spacial score (nSPS) is 23.6. The molecule has 0 spiro atoms. The largest absolute Gasteiger partial charge is 0.305 e. The van der Waals surface area contributed by atoms with E-state index in [1.54, 1.807) is 12.1 Å². The molecule has 0 bridgehead atoms. The Balaban J connectivity index is 2.32. The quantitative estimate of drug-likeness (QED) is 0.647. The van der Waals surface area contributed by atoms with E-state index in [1.807, 2.05) is 6.07 Å². The molecule has 0 saturated carbocycles. The molecule has 3 N–H and O–H groups in total. The van der Waals surface area contributed by atoms with Gasteiger partial charge in [0.25, 0.3) is 0 Å². The van der Waals surface area contributed by atoms with Crippen LogP contribution >= 0.6 is 15.9 Å². The van der Waals surface area contributed by atoms with E-state index in [4.69, 9.17) is 5.84 Å². The Bertz CT molecular complexity index is 457. The first-order valence-corrected chi connectivity index (χ1v) is 7.62. The van der Waals surface area contributed by atoms with Gasteiger partial charge in [0.05, 0.1) is 10.5 Å². The lowest BCUT2D eigenvalue weighted by Gasteiger charge is -2.34. The van der Waals surface area contributed by atoms with Crippen LogP contribution in [0.25, 0.3) is 0 Å². The monoisotopic (exact) mass is 344 g/mol. The number of hydrogen-bond acceptors (Lipinski definition) is 4. The van der Waals surface area contributed by atoms with Gasteiger partial charge in [-0.3, -0.25) is 11.3 Å². The summed E-state index contributed by atoms with van der Waals surface area (Å²) in [5, 5.41) is 0. The van der Waals surface area contributed by atoms with Crippen LogP contribution in [0.2, 0.25) is 0 Å². The minimum absolute atomic E-state index is 0.135. The lowest BCUT2D eigenvalue weighted by Crippen LogP contribution is -2.49. The molecule has 1 aliphatic rings. The van der Waals surface area contributed by atoms with Gasteiger partial charge in [0, 0.05) is 18.2 Å². The molecule has 0 aliphatic carbocycles. The third-order valence-corrected chi connectivity index (χ3v) is 4.61. The maximum atomic E-state index is 14.3. The van der Waals surface area contributed by atoms with E-state index in [2.05, 4.69) is 45.3 Å². The summed E-state index contributed by atoms with van der Waals surface area (Å²) >= 11 is 3.24. The Morgan fingerprint density at radius 3 is 2.85 bits per heavy atom. The van der Waals surface area contributed by atoms with Crippen LogP contribution in [-0.2, 0) is 0 Å². The second-order valence-electron chi connectivity index (χ2n) is 5.45. The molecule has 6 heteroatoms. The molecule has 1 aliphatic heterocycles. The van der Waals surface area contributed by atoms with E-state index in [9.17, 15) is 4.39 Å². The SMILES string of the molecule is CN1CCCN(C)C(C(NN)c2cccc(Br)c2F)C1. The van der Waals surface area contributed by atoms with Crippen LogP contribution in [0.3, 0.4) is 0 Å². The highest BCUT2D eigenvalue weighted by Crippen LogP contribution is 2.28. The number of benzene rings is 1. The first kappa shape index (κ1) is 15.9. The lowest BCUT2D eigenvalue weighted by atomic mass is 9.98. The molecule has 1 fully saturated rings. The highest BCUT2D eigenvalue weighted by molar-refractivity contribution is 9.10. The van der Waals surface area contributed by atoms with Crippen molar-refractivity contribution >= 4 is 15.9 Å². The van der Waals surface area contributed by atoms with Gasteiger partial charge in [0.15, 0.2) is 0 Å². The number of nitrogens with one attached hydrogen (secondary N) is 1. The van der Waals surface area contributed by atoms with E-state index in [0.717, 1.165) is 26.1 Å². The highest BCUT2D eigenvalue weighted by Gasteiger charge is 2.30. The van der Waals surface area contributed by atoms with Crippen LogP contribution in [0.5, 0.6) is 0 Å². The smallest absolute Gasteiger partial charge is 0.142 e. The summed E-state index contributed by atoms with van der Waals surface area (Å²) in [5.74, 6) is 5.50. The molecule has 1 aromatic carbocycles. The molecule has 1 aromatic rings. The second-order valence-corrected chi connectivity index (χ2v) is 6.31. The van der Waals surface area contributed by atoms with Gasteiger partial charge in [-0.25, -0.2) is 4.39 Å². The maximum Gasteiger partial charge on any atom is 0.142 e. The summed E-state index contributed by atoms with van der Waals surface area (Å²) in [4.78, 5) is 4.53. The predicted molar refractivity (Wildman–Crippen MR) is 82.7 cm³/mol. The molecular weight excluding hydrogens is 323 g/mol. The number of nitrogens with zero attached hydrogens (tertiary/aromatic N) is 2. The average molecular weight is 345 g/mol. The third kappa shape index (κ3) is 3.38. The standard InChI is InChI=1S/C14H22BrFN4/c1-19-7-4-8-20(2)12(9-19)14(18-17)10-5-3-6-11(15)13(10)16/h3,5-6,12,14,18H,4,7-9,17H2,1-2H3. The summed E-state index contributed by atoms with van der Waals surface area (Å²) < 4.78 is 14.8. The fourth-order valence-corrected chi connectivity index (χ4v) is 3.22. The summed E-state index contributed by atoms with van der Waals surface area (Å²) in [6.45, 7) is 2.90. The van der Waals surface area contributed by atoms with Gasteiger partial charge in [-0.05, 0) is 55.6 Å². The van der Waals surface area contributed by atoms with Gasteiger partial charge >= 0.3 is 0 Å². The van der Waals surface area contributed by atoms with E-state index in [-0.39, 0.29) is 17.9 Å². The van der Waals surface area contributed by atoms with Crippen LogP contribution in [0.15, 0.2) is 22.7 Å². The third-order valence-electron chi connectivity index (χ3n) is 4.00. The van der Waals surface area contributed by atoms with E-state index in [0.29, 0.717) is 10.0 Å². The second kappa shape index (κ2) is 6.95. The zero-order valence-electron chi connectivity index (χ0n) is 11.9. The fraction of sp³-hybridized carbons (Fsp3) is 0.571. The Morgan fingerprint density at radius 2 is 2.15 bits per heavy atom. The van der Waals surface area contributed by atoms with Gasteiger partial charge in [0.1, 0.15) is 5.82 Å². The zero-order chi connectivity index (χ0) is 14.7. The van der Waals surface area contributed by atoms with Gasteiger partial charge < -0.3 is 9.80 Å². The van der Waals surface area contributed by atoms with Crippen LogP contribution < -0.4 is 11.3 Å². The molecule has 1 heterocycles. The maximum absolute atomic E-state index is 14.3. The van der Waals surface area contributed by atoms with Gasteiger partial charge in [0.2, 0.25) is 0 Å². The Labute approximate surface area is 128 Å². The summed E-state index contributed by atoms with van der Waals surface area (Å²) in [6, 6.07) is 5.24. The molecule has 112 valence electrons. The van der Waals surface area contributed by atoms with Gasteiger partial charge in [-0.1, -0.05) is 12.1 Å².